The van der Waals surface area contributed by atoms with Crippen molar-refractivity contribution in [2.75, 3.05) is 13.1 Å². The lowest BCUT2D eigenvalue weighted by molar-refractivity contribution is 0.248. The molecule has 0 aliphatic carbocycles. The zero-order chi connectivity index (χ0) is 20.3. The summed E-state index contributed by atoms with van der Waals surface area (Å²) in [6.07, 6.45) is 4.02. The maximum absolute atomic E-state index is 12.8. The Hall–Kier alpha value is -2.29. The molecule has 1 saturated heterocycles. The van der Waals surface area contributed by atoms with Crippen LogP contribution in [-0.4, -0.2) is 36.0 Å². The third-order valence-electron chi connectivity index (χ3n) is 5.06. The van der Waals surface area contributed by atoms with Gasteiger partial charge in [0.05, 0.1) is 0 Å². The van der Waals surface area contributed by atoms with Gasteiger partial charge in [0, 0.05) is 35.9 Å². The van der Waals surface area contributed by atoms with E-state index < -0.39 is 10.0 Å². The summed E-state index contributed by atoms with van der Waals surface area (Å²) in [5.74, 6) is 1.32. The number of hydrogen-bond donors (Lipinski definition) is 0. The molecule has 3 aromatic rings. The van der Waals surface area contributed by atoms with Crippen molar-refractivity contribution in [2.24, 2.45) is 5.92 Å². The average molecular weight is 430 g/mol. The van der Waals surface area contributed by atoms with Gasteiger partial charge in [-0.25, -0.2) is 8.42 Å². The van der Waals surface area contributed by atoms with Gasteiger partial charge >= 0.3 is 0 Å². The summed E-state index contributed by atoms with van der Waals surface area (Å²) in [5.41, 5.74) is 2.96. The van der Waals surface area contributed by atoms with Gasteiger partial charge in [-0.2, -0.15) is 20.6 Å². The molecule has 0 bridgehead atoms. The quantitative estimate of drug-likeness (QED) is 0.582. The molecule has 1 fully saturated rings. The Bertz CT molecular complexity index is 1070. The van der Waals surface area contributed by atoms with Crippen LogP contribution in [0.25, 0.3) is 17.5 Å². The van der Waals surface area contributed by atoms with Crippen LogP contribution < -0.4 is 0 Å². The molecule has 6 nitrogen and oxygen atoms in total. The maximum Gasteiger partial charge on any atom is 0.236 e. The lowest BCUT2D eigenvalue weighted by Gasteiger charge is -2.30. The number of aromatic nitrogens is 2. The van der Waals surface area contributed by atoms with Gasteiger partial charge in [-0.15, -0.1) is 0 Å². The smallest absolute Gasteiger partial charge is 0.236 e. The van der Waals surface area contributed by atoms with Crippen LogP contribution in [0.5, 0.6) is 0 Å². The standard InChI is InChI=1S/C21H23N3O3S2/c1-16-4-6-17(7-5-16)9-12-29(25,26)24-10-2-3-18(14-24)13-20-22-21(23-27-20)19-8-11-28-15-19/h4-9,11-12,15,18H,2-3,10,13-14H2,1H3/b12-9+. The largest absolute Gasteiger partial charge is 0.339 e. The van der Waals surface area contributed by atoms with Crippen LogP contribution in [0.15, 0.2) is 51.0 Å². The zero-order valence-corrected chi connectivity index (χ0v) is 17.8. The van der Waals surface area contributed by atoms with E-state index in [0.717, 1.165) is 29.5 Å². The SMILES string of the molecule is Cc1ccc(/C=C/S(=O)(=O)N2CCCC(Cc3nc(-c4ccsc4)no3)C2)cc1. The zero-order valence-electron chi connectivity index (χ0n) is 16.2. The normalized spacial score (nSPS) is 18.4. The van der Waals surface area contributed by atoms with Crippen molar-refractivity contribution in [2.45, 2.75) is 26.2 Å². The van der Waals surface area contributed by atoms with Gasteiger partial charge in [0.1, 0.15) is 0 Å². The summed E-state index contributed by atoms with van der Waals surface area (Å²) in [5, 5.41) is 9.29. The molecule has 152 valence electrons. The van der Waals surface area contributed by atoms with Crippen LogP contribution in [0.3, 0.4) is 0 Å². The van der Waals surface area contributed by atoms with Gasteiger partial charge in [-0.05, 0) is 48.8 Å². The van der Waals surface area contributed by atoms with Crippen LogP contribution in [-0.2, 0) is 16.4 Å². The van der Waals surface area contributed by atoms with Crippen molar-refractivity contribution in [1.29, 1.82) is 0 Å². The Morgan fingerprint density at radius 2 is 2.10 bits per heavy atom. The van der Waals surface area contributed by atoms with Crippen LogP contribution in [0.2, 0.25) is 0 Å². The fraction of sp³-hybridized carbons (Fsp3) is 0.333. The molecule has 0 amide bonds. The van der Waals surface area contributed by atoms with E-state index in [1.807, 2.05) is 48.0 Å². The van der Waals surface area contributed by atoms with E-state index in [2.05, 4.69) is 10.1 Å². The number of rotatable bonds is 6. The second-order valence-electron chi connectivity index (χ2n) is 7.35. The van der Waals surface area contributed by atoms with Gasteiger partial charge in [0.15, 0.2) is 0 Å². The highest BCUT2D eigenvalue weighted by molar-refractivity contribution is 7.92. The molecule has 1 atom stereocenters. The Balaban J connectivity index is 1.40. The van der Waals surface area contributed by atoms with E-state index in [1.54, 1.807) is 21.7 Å². The van der Waals surface area contributed by atoms with Crippen molar-refractivity contribution in [3.05, 3.63) is 63.5 Å². The number of piperidine rings is 1. The Morgan fingerprint density at radius 3 is 2.86 bits per heavy atom. The lowest BCUT2D eigenvalue weighted by Crippen LogP contribution is -2.39. The summed E-state index contributed by atoms with van der Waals surface area (Å²) in [4.78, 5) is 4.46. The highest BCUT2D eigenvalue weighted by Gasteiger charge is 2.28. The number of nitrogens with zero attached hydrogens (tertiary/aromatic N) is 3. The molecule has 1 aromatic carbocycles. The third-order valence-corrected chi connectivity index (χ3v) is 7.28. The molecule has 1 unspecified atom stereocenters. The van der Waals surface area contributed by atoms with E-state index in [9.17, 15) is 8.42 Å². The van der Waals surface area contributed by atoms with Crippen LogP contribution >= 0.6 is 11.3 Å². The molecule has 29 heavy (non-hydrogen) atoms. The van der Waals surface area contributed by atoms with Gasteiger partial charge in [-0.3, -0.25) is 0 Å². The van der Waals surface area contributed by atoms with Gasteiger partial charge < -0.3 is 4.52 Å². The highest BCUT2D eigenvalue weighted by atomic mass is 32.2. The molecular formula is C21H23N3O3S2. The fourth-order valence-electron chi connectivity index (χ4n) is 3.45. The minimum atomic E-state index is -3.46. The van der Waals surface area contributed by atoms with Crippen molar-refractivity contribution >= 4 is 27.4 Å². The van der Waals surface area contributed by atoms with E-state index in [-0.39, 0.29) is 5.92 Å². The fourth-order valence-corrected chi connectivity index (χ4v) is 5.38. The van der Waals surface area contributed by atoms with Crippen molar-refractivity contribution < 1.29 is 12.9 Å². The minimum absolute atomic E-state index is 0.169. The predicted octanol–water partition coefficient (Wildman–Crippen LogP) is 4.36. The van der Waals surface area contributed by atoms with Gasteiger partial charge in [0.2, 0.25) is 21.7 Å². The number of sulfonamides is 1. The molecule has 8 heteroatoms. The summed E-state index contributed by atoms with van der Waals surface area (Å²) in [6.45, 7) is 3.02. The molecule has 1 aliphatic rings. The monoisotopic (exact) mass is 429 g/mol. The first-order valence-electron chi connectivity index (χ1n) is 9.60. The lowest BCUT2D eigenvalue weighted by atomic mass is 9.96. The average Bonchev–Trinajstić information content (AvgIpc) is 3.40. The maximum atomic E-state index is 12.8. The molecule has 1 aliphatic heterocycles. The van der Waals surface area contributed by atoms with Crippen LogP contribution in [0.4, 0.5) is 0 Å². The number of benzene rings is 1. The molecule has 0 radical (unpaired) electrons. The van der Waals surface area contributed by atoms with Crippen molar-refractivity contribution in [3.8, 4) is 11.4 Å². The molecular weight excluding hydrogens is 406 g/mol. The summed E-state index contributed by atoms with van der Waals surface area (Å²) >= 11 is 1.58. The van der Waals surface area contributed by atoms with E-state index in [0.29, 0.717) is 31.2 Å². The topological polar surface area (TPSA) is 76.3 Å². The molecule has 3 heterocycles. The molecule has 0 saturated carbocycles. The van der Waals surface area contributed by atoms with E-state index in [4.69, 9.17) is 4.52 Å². The third kappa shape index (κ3) is 5.01. The second-order valence-corrected chi connectivity index (χ2v) is 9.95. The van der Waals surface area contributed by atoms with Gasteiger partial charge in [0.25, 0.3) is 0 Å². The summed E-state index contributed by atoms with van der Waals surface area (Å²) < 4.78 is 32.5. The second kappa shape index (κ2) is 8.61. The minimum Gasteiger partial charge on any atom is -0.339 e. The number of hydrogen-bond acceptors (Lipinski definition) is 6. The Labute approximate surface area is 174 Å². The number of aryl methyl sites for hydroxylation is 1. The molecule has 0 N–H and O–H groups in total. The van der Waals surface area contributed by atoms with Crippen molar-refractivity contribution in [1.82, 2.24) is 14.4 Å². The molecule has 2 aromatic heterocycles. The molecule has 0 spiro atoms. The van der Waals surface area contributed by atoms with Gasteiger partial charge in [-0.1, -0.05) is 35.0 Å². The first-order valence-corrected chi connectivity index (χ1v) is 12.0. The van der Waals surface area contributed by atoms with E-state index in [1.165, 1.54) is 5.41 Å². The molecule has 4 rings (SSSR count). The Kier molecular flexibility index (Phi) is 5.94. The Morgan fingerprint density at radius 1 is 1.28 bits per heavy atom. The summed E-state index contributed by atoms with van der Waals surface area (Å²) in [7, 11) is -3.46. The number of thiophene rings is 1. The highest BCUT2D eigenvalue weighted by Crippen LogP contribution is 2.25. The van der Waals surface area contributed by atoms with Crippen LogP contribution in [0.1, 0.15) is 29.9 Å². The first kappa shape index (κ1) is 20.0. The summed E-state index contributed by atoms with van der Waals surface area (Å²) in [6, 6.07) is 9.73. The first-order chi connectivity index (χ1) is 14.0. The van der Waals surface area contributed by atoms with Crippen molar-refractivity contribution in [3.63, 3.8) is 0 Å². The van der Waals surface area contributed by atoms with E-state index >= 15 is 0 Å². The predicted molar refractivity (Wildman–Crippen MR) is 115 cm³/mol. The van der Waals surface area contributed by atoms with Crippen LogP contribution in [0, 0.1) is 12.8 Å².